The number of para-hydroxylation sites is 2. The zero-order valence-corrected chi connectivity index (χ0v) is 13.3. The van der Waals surface area contributed by atoms with E-state index in [2.05, 4.69) is 20.5 Å². The summed E-state index contributed by atoms with van der Waals surface area (Å²) in [5.74, 6) is -0.129. The van der Waals surface area contributed by atoms with E-state index in [4.69, 9.17) is 9.15 Å². The second kappa shape index (κ2) is 5.85. The average Bonchev–Trinajstić information content (AvgIpc) is 3.32. The van der Waals surface area contributed by atoms with Gasteiger partial charge in [0.25, 0.3) is 0 Å². The van der Waals surface area contributed by atoms with Crippen LogP contribution in [0.5, 0.6) is 0 Å². The molecule has 0 aliphatic rings. The second-order valence-electron chi connectivity index (χ2n) is 4.96. The van der Waals surface area contributed by atoms with Crippen LogP contribution >= 0.6 is 11.3 Å². The molecule has 4 aromatic rings. The molecular weight excluding hydrogens is 330 g/mol. The van der Waals surface area contributed by atoms with Crippen LogP contribution in [0.1, 0.15) is 28.6 Å². The largest absolute Gasteiger partial charge is 0.448 e. The number of benzene rings is 1. The standard InChI is InChI=1S/C15H11N5O3S/c1-9(14-17-10-4-2-3-5-12(10)23-14)22-15(21)13-11(6-7-24-13)20-8-16-18-19-20/h2-9H,1H3. The number of thiophene rings is 1. The van der Waals surface area contributed by atoms with Gasteiger partial charge in [-0.05, 0) is 40.9 Å². The fraction of sp³-hybridized carbons (Fsp3) is 0.133. The number of hydrogen-bond donors (Lipinski definition) is 0. The zero-order chi connectivity index (χ0) is 16.5. The summed E-state index contributed by atoms with van der Waals surface area (Å²) >= 11 is 1.26. The Morgan fingerprint density at radius 2 is 2.21 bits per heavy atom. The van der Waals surface area contributed by atoms with Crippen LogP contribution in [0.2, 0.25) is 0 Å². The molecule has 0 aliphatic carbocycles. The predicted molar refractivity (Wildman–Crippen MR) is 84.9 cm³/mol. The minimum Gasteiger partial charge on any atom is -0.448 e. The maximum absolute atomic E-state index is 12.5. The Labute approximate surface area is 139 Å². The first kappa shape index (κ1) is 14.5. The van der Waals surface area contributed by atoms with Gasteiger partial charge in [0.2, 0.25) is 5.89 Å². The molecule has 3 aromatic heterocycles. The van der Waals surface area contributed by atoms with E-state index in [1.54, 1.807) is 18.4 Å². The number of rotatable bonds is 4. The maximum atomic E-state index is 12.5. The molecule has 9 heteroatoms. The quantitative estimate of drug-likeness (QED) is 0.527. The topological polar surface area (TPSA) is 95.9 Å². The minimum atomic E-state index is -0.617. The summed E-state index contributed by atoms with van der Waals surface area (Å²) in [6.45, 7) is 1.72. The van der Waals surface area contributed by atoms with E-state index in [1.165, 1.54) is 22.3 Å². The molecular formula is C15H11N5O3S. The van der Waals surface area contributed by atoms with Crippen molar-refractivity contribution in [2.75, 3.05) is 0 Å². The van der Waals surface area contributed by atoms with Gasteiger partial charge in [0.15, 0.2) is 11.7 Å². The van der Waals surface area contributed by atoms with E-state index < -0.39 is 12.1 Å². The number of nitrogens with zero attached hydrogens (tertiary/aromatic N) is 5. The van der Waals surface area contributed by atoms with Gasteiger partial charge in [0.05, 0.1) is 5.69 Å². The molecule has 0 saturated heterocycles. The molecule has 0 spiro atoms. The molecule has 0 radical (unpaired) electrons. The number of esters is 1. The van der Waals surface area contributed by atoms with Gasteiger partial charge in [-0.1, -0.05) is 12.1 Å². The van der Waals surface area contributed by atoms with Gasteiger partial charge in [0, 0.05) is 0 Å². The minimum absolute atomic E-state index is 0.352. The molecule has 0 aliphatic heterocycles. The summed E-state index contributed by atoms with van der Waals surface area (Å²) in [7, 11) is 0. The van der Waals surface area contributed by atoms with Crippen LogP contribution in [0.3, 0.4) is 0 Å². The molecule has 0 amide bonds. The number of tetrazole rings is 1. The molecule has 4 rings (SSSR count). The summed E-state index contributed by atoms with van der Waals surface area (Å²) < 4.78 is 12.5. The third-order valence-corrected chi connectivity index (χ3v) is 4.25. The van der Waals surface area contributed by atoms with Crippen molar-refractivity contribution in [3.63, 3.8) is 0 Å². The number of carbonyl (C=O) groups excluding carboxylic acids is 1. The van der Waals surface area contributed by atoms with Gasteiger partial charge in [-0.15, -0.1) is 16.4 Å². The fourth-order valence-electron chi connectivity index (χ4n) is 2.24. The van der Waals surface area contributed by atoms with E-state index in [-0.39, 0.29) is 0 Å². The van der Waals surface area contributed by atoms with Crippen molar-refractivity contribution in [2.45, 2.75) is 13.0 Å². The number of oxazole rings is 1. The van der Waals surface area contributed by atoms with Crippen molar-refractivity contribution in [3.8, 4) is 5.69 Å². The molecule has 0 saturated carbocycles. The molecule has 24 heavy (non-hydrogen) atoms. The molecule has 0 fully saturated rings. The third-order valence-electron chi connectivity index (χ3n) is 3.37. The summed E-state index contributed by atoms with van der Waals surface area (Å²) in [4.78, 5) is 17.2. The Kier molecular flexibility index (Phi) is 3.54. The zero-order valence-electron chi connectivity index (χ0n) is 12.5. The number of fused-ring (bicyclic) bond motifs is 1. The van der Waals surface area contributed by atoms with E-state index in [0.717, 1.165) is 5.52 Å². The molecule has 0 N–H and O–H groups in total. The predicted octanol–water partition coefficient (Wildman–Crippen LogP) is 2.78. The molecule has 8 nitrogen and oxygen atoms in total. The van der Waals surface area contributed by atoms with Crippen LogP contribution in [0.4, 0.5) is 0 Å². The first-order valence-corrected chi connectivity index (χ1v) is 7.97. The maximum Gasteiger partial charge on any atom is 0.351 e. The van der Waals surface area contributed by atoms with Gasteiger partial charge in [-0.25, -0.2) is 9.78 Å². The Bertz CT molecular complexity index is 959. The van der Waals surface area contributed by atoms with Crippen molar-refractivity contribution in [1.29, 1.82) is 0 Å². The molecule has 0 bridgehead atoms. The first-order valence-electron chi connectivity index (χ1n) is 7.09. The van der Waals surface area contributed by atoms with Crippen molar-refractivity contribution in [2.24, 2.45) is 0 Å². The van der Waals surface area contributed by atoms with Gasteiger partial charge in [-0.3, -0.25) is 0 Å². The smallest absolute Gasteiger partial charge is 0.351 e. The second-order valence-corrected chi connectivity index (χ2v) is 5.87. The van der Waals surface area contributed by atoms with Crippen LogP contribution in [0, 0.1) is 0 Å². The number of aromatic nitrogens is 5. The Morgan fingerprint density at radius 1 is 1.33 bits per heavy atom. The molecule has 120 valence electrons. The molecule has 1 aromatic carbocycles. The van der Waals surface area contributed by atoms with Gasteiger partial charge < -0.3 is 9.15 Å². The number of carbonyl (C=O) groups is 1. The Morgan fingerprint density at radius 3 is 3.00 bits per heavy atom. The summed E-state index contributed by atoms with van der Waals surface area (Å²) in [6.07, 6.45) is 0.803. The lowest BCUT2D eigenvalue weighted by Gasteiger charge is -2.09. The number of hydrogen-bond acceptors (Lipinski definition) is 8. The van der Waals surface area contributed by atoms with Gasteiger partial charge >= 0.3 is 5.97 Å². The highest BCUT2D eigenvalue weighted by Gasteiger charge is 2.22. The normalized spacial score (nSPS) is 12.4. The lowest BCUT2D eigenvalue weighted by atomic mass is 10.3. The van der Waals surface area contributed by atoms with Gasteiger partial charge in [-0.2, -0.15) is 4.68 Å². The van der Waals surface area contributed by atoms with Crippen molar-refractivity contribution < 1.29 is 13.9 Å². The molecule has 3 heterocycles. The number of ether oxygens (including phenoxy) is 1. The lowest BCUT2D eigenvalue weighted by Crippen LogP contribution is -2.11. The van der Waals surface area contributed by atoms with Crippen LogP contribution < -0.4 is 0 Å². The SMILES string of the molecule is CC(OC(=O)c1sccc1-n1cnnn1)c1nc2ccccc2o1. The van der Waals surface area contributed by atoms with E-state index >= 15 is 0 Å². The highest BCUT2D eigenvalue weighted by molar-refractivity contribution is 7.12. The van der Waals surface area contributed by atoms with Crippen molar-refractivity contribution >= 4 is 28.4 Å². The Balaban J connectivity index is 1.57. The fourth-order valence-corrected chi connectivity index (χ4v) is 3.00. The molecule has 1 unspecified atom stereocenters. The summed E-state index contributed by atoms with van der Waals surface area (Å²) in [6, 6.07) is 9.14. The van der Waals surface area contributed by atoms with Gasteiger partial charge in [0.1, 0.15) is 16.7 Å². The van der Waals surface area contributed by atoms with Crippen molar-refractivity contribution in [1.82, 2.24) is 25.2 Å². The van der Waals surface area contributed by atoms with Crippen LogP contribution in [-0.4, -0.2) is 31.2 Å². The highest BCUT2D eigenvalue weighted by Crippen LogP contribution is 2.26. The van der Waals surface area contributed by atoms with Crippen LogP contribution in [-0.2, 0) is 4.74 Å². The Hall–Kier alpha value is -3.07. The molecule has 1 atom stereocenters. The highest BCUT2D eigenvalue weighted by atomic mass is 32.1. The van der Waals surface area contributed by atoms with Crippen LogP contribution in [0.15, 0.2) is 46.5 Å². The van der Waals surface area contributed by atoms with E-state index in [0.29, 0.717) is 22.0 Å². The monoisotopic (exact) mass is 341 g/mol. The summed E-state index contributed by atoms with van der Waals surface area (Å²) in [5.41, 5.74) is 1.95. The first-order chi connectivity index (χ1) is 11.7. The third kappa shape index (κ3) is 2.54. The lowest BCUT2D eigenvalue weighted by molar-refractivity contribution is 0.0288. The van der Waals surface area contributed by atoms with E-state index in [9.17, 15) is 4.79 Å². The van der Waals surface area contributed by atoms with Crippen molar-refractivity contribution in [3.05, 3.63) is 52.8 Å². The van der Waals surface area contributed by atoms with Crippen LogP contribution in [0.25, 0.3) is 16.8 Å². The average molecular weight is 341 g/mol. The summed E-state index contributed by atoms with van der Waals surface area (Å²) in [5, 5.41) is 12.7. The van der Waals surface area contributed by atoms with E-state index in [1.807, 2.05) is 24.3 Å².